The Morgan fingerprint density at radius 2 is 1.49 bits per heavy atom. The summed E-state index contributed by atoms with van der Waals surface area (Å²) in [5.74, 6) is -1.38. The van der Waals surface area contributed by atoms with Gasteiger partial charge in [-0.2, -0.15) is 4.31 Å². The van der Waals surface area contributed by atoms with E-state index in [1.165, 1.54) is 49.3 Å². The summed E-state index contributed by atoms with van der Waals surface area (Å²) < 4.78 is 41.4. The second kappa shape index (κ2) is 12.2. The van der Waals surface area contributed by atoms with E-state index in [9.17, 15) is 22.4 Å². The van der Waals surface area contributed by atoms with Gasteiger partial charge in [0.2, 0.25) is 21.8 Å². The minimum absolute atomic E-state index is 0.00606. The van der Waals surface area contributed by atoms with Crippen molar-refractivity contribution < 1.29 is 22.4 Å². The maximum absolute atomic E-state index is 13.7. The fraction of sp³-hybridized carbons (Fsp3) is 0.200. The fourth-order valence-electron chi connectivity index (χ4n) is 4.38. The first-order valence-corrected chi connectivity index (χ1v) is 13.9. The molecule has 0 aromatic heterocycles. The number of halogens is 1. The van der Waals surface area contributed by atoms with Gasteiger partial charge < -0.3 is 10.2 Å². The number of rotatable bonds is 10. The highest BCUT2D eigenvalue weighted by Crippen LogP contribution is 2.22. The minimum atomic E-state index is -4.01. The number of fused-ring (bicyclic) bond motifs is 1. The van der Waals surface area contributed by atoms with Gasteiger partial charge in [0.25, 0.3) is 0 Å². The van der Waals surface area contributed by atoms with E-state index in [0.29, 0.717) is 5.56 Å². The third kappa shape index (κ3) is 6.68. The number of carbonyl (C=O) groups excluding carboxylic acids is 2. The first-order valence-electron chi connectivity index (χ1n) is 12.4. The predicted octanol–water partition coefficient (Wildman–Crippen LogP) is 3.99. The molecule has 1 N–H and O–H groups in total. The fourth-order valence-corrected chi connectivity index (χ4v) is 5.54. The second-order valence-electron chi connectivity index (χ2n) is 9.24. The monoisotopic (exact) mass is 547 g/mol. The summed E-state index contributed by atoms with van der Waals surface area (Å²) >= 11 is 0. The van der Waals surface area contributed by atoms with Crippen molar-refractivity contribution in [2.24, 2.45) is 0 Å². The summed E-state index contributed by atoms with van der Waals surface area (Å²) in [5, 5.41) is 4.28. The summed E-state index contributed by atoms with van der Waals surface area (Å²) in [6.45, 7) is -0.494. The molecule has 0 heterocycles. The van der Waals surface area contributed by atoms with Crippen LogP contribution in [-0.2, 0) is 32.6 Å². The summed E-state index contributed by atoms with van der Waals surface area (Å²) in [7, 11) is -1.19. The zero-order valence-corrected chi connectivity index (χ0v) is 22.6. The Kier molecular flexibility index (Phi) is 8.73. The zero-order chi connectivity index (χ0) is 28.0. The molecule has 4 rings (SSSR count). The van der Waals surface area contributed by atoms with Crippen LogP contribution in [0.15, 0.2) is 102 Å². The largest absolute Gasteiger partial charge is 0.357 e. The van der Waals surface area contributed by atoms with Gasteiger partial charge in [0.15, 0.2) is 0 Å². The standard InChI is InChI=1S/C30H30FN3O4S/c1-32-30(36)28(18-22-8-4-3-5-9-22)34(20-23-12-15-26(31)16-13-23)29(35)21-33(2)39(37,38)27-17-14-24-10-6-7-11-25(24)19-27/h3-17,19,28H,18,20-21H2,1-2H3,(H,32,36)/t28-/m1/s1. The highest BCUT2D eigenvalue weighted by Gasteiger charge is 2.32. The van der Waals surface area contributed by atoms with Crippen LogP contribution in [0.2, 0.25) is 0 Å². The van der Waals surface area contributed by atoms with Crippen molar-refractivity contribution in [2.75, 3.05) is 20.6 Å². The van der Waals surface area contributed by atoms with Crippen molar-refractivity contribution in [3.63, 3.8) is 0 Å². The van der Waals surface area contributed by atoms with Crippen LogP contribution < -0.4 is 5.32 Å². The molecule has 4 aromatic carbocycles. The van der Waals surface area contributed by atoms with E-state index >= 15 is 0 Å². The second-order valence-corrected chi connectivity index (χ2v) is 11.3. The number of carbonyl (C=O) groups is 2. The molecule has 0 radical (unpaired) electrons. The highest BCUT2D eigenvalue weighted by atomic mass is 32.2. The number of sulfonamides is 1. The first-order chi connectivity index (χ1) is 18.7. The van der Waals surface area contributed by atoms with Crippen LogP contribution in [0.4, 0.5) is 4.39 Å². The molecule has 0 unspecified atom stereocenters. The number of nitrogens with one attached hydrogen (secondary N) is 1. The maximum Gasteiger partial charge on any atom is 0.243 e. The molecule has 0 bridgehead atoms. The molecule has 4 aromatic rings. The molecule has 1 atom stereocenters. The van der Waals surface area contributed by atoms with Crippen molar-refractivity contribution in [3.05, 3.63) is 114 Å². The third-order valence-electron chi connectivity index (χ3n) is 6.57. The van der Waals surface area contributed by atoms with Crippen LogP contribution in [0.25, 0.3) is 10.8 Å². The Bertz CT molecular complexity index is 1560. The van der Waals surface area contributed by atoms with E-state index in [4.69, 9.17) is 0 Å². The molecular weight excluding hydrogens is 517 g/mol. The number of likely N-dealkylation sites (N-methyl/N-ethyl adjacent to an activating group) is 2. The number of hydrogen-bond donors (Lipinski definition) is 1. The SMILES string of the molecule is CNC(=O)[C@@H](Cc1ccccc1)N(Cc1ccc(F)cc1)C(=O)CN(C)S(=O)(=O)c1ccc2ccccc2c1. The Morgan fingerprint density at radius 3 is 2.15 bits per heavy atom. The van der Waals surface area contributed by atoms with Crippen LogP contribution in [0.1, 0.15) is 11.1 Å². The number of amides is 2. The van der Waals surface area contributed by atoms with Crippen molar-refractivity contribution in [1.82, 2.24) is 14.5 Å². The van der Waals surface area contributed by atoms with Gasteiger partial charge >= 0.3 is 0 Å². The summed E-state index contributed by atoms with van der Waals surface area (Å²) in [4.78, 5) is 28.2. The van der Waals surface area contributed by atoms with Crippen molar-refractivity contribution in [2.45, 2.75) is 23.9 Å². The molecule has 0 spiro atoms. The summed E-state index contributed by atoms with van der Waals surface area (Å²) in [6, 6.07) is 26.2. The highest BCUT2D eigenvalue weighted by molar-refractivity contribution is 7.89. The van der Waals surface area contributed by atoms with Gasteiger partial charge in [-0.3, -0.25) is 9.59 Å². The number of benzene rings is 4. The van der Waals surface area contributed by atoms with Crippen LogP contribution in [0, 0.1) is 5.82 Å². The van der Waals surface area contributed by atoms with E-state index in [1.807, 2.05) is 54.6 Å². The molecule has 202 valence electrons. The maximum atomic E-state index is 13.7. The van der Waals surface area contributed by atoms with E-state index in [1.54, 1.807) is 12.1 Å². The number of nitrogens with zero attached hydrogens (tertiary/aromatic N) is 2. The van der Waals surface area contributed by atoms with E-state index in [2.05, 4.69) is 5.32 Å². The van der Waals surface area contributed by atoms with Gasteiger partial charge in [0.1, 0.15) is 11.9 Å². The Morgan fingerprint density at radius 1 is 0.846 bits per heavy atom. The van der Waals surface area contributed by atoms with Gasteiger partial charge in [-0.15, -0.1) is 0 Å². The molecular formula is C30H30FN3O4S. The van der Waals surface area contributed by atoms with Crippen molar-refractivity contribution in [3.8, 4) is 0 Å². The van der Waals surface area contributed by atoms with Crippen LogP contribution in [0.5, 0.6) is 0 Å². The average molecular weight is 548 g/mol. The number of hydrogen-bond acceptors (Lipinski definition) is 4. The van der Waals surface area contributed by atoms with Crippen LogP contribution in [-0.4, -0.2) is 56.1 Å². The average Bonchev–Trinajstić information content (AvgIpc) is 2.95. The molecule has 0 aliphatic heterocycles. The minimum Gasteiger partial charge on any atom is -0.357 e. The lowest BCUT2D eigenvalue weighted by atomic mass is 10.0. The lowest BCUT2D eigenvalue weighted by Crippen LogP contribution is -2.52. The van der Waals surface area contributed by atoms with Gasteiger partial charge in [0, 0.05) is 27.1 Å². The quantitative estimate of drug-likeness (QED) is 0.325. The summed E-state index contributed by atoms with van der Waals surface area (Å²) in [5.41, 5.74) is 1.44. The van der Waals surface area contributed by atoms with Crippen molar-refractivity contribution >= 4 is 32.6 Å². The molecule has 39 heavy (non-hydrogen) atoms. The van der Waals surface area contributed by atoms with Gasteiger partial charge in [-0.25, -0.2) is 12.8 Å². The summed E-state index contributed by atoms with van der Waals surface area (Å²) in [6.07, 6.45) is 0.217. The lowest BCUT2D eigenvalue weighted by Gasteiger charge is -2.32. The van der Waals surface area contributed by atoms with Gasteiger partial charge in [-0.05, 0) is 46.2 Å². The van der Waals surface area contributed by atoms with E-state index in [-0.39, 0.29) is 17.9 Å². The Balaban J connectivity index is 1.64. The molecule has 9 heteroatoms. The van der Waals surface area contributed by atoms with Gasteiger partial charge in [-0.1, -0.05) is 72.8 Å². The van der Waals surface area contributed by atoms with Crippen molar-refractivity contribution in [1.29, 1.82) is 0 Å². The lowest BCUT2D eigenvalue weighted by molar-refractivity contribution is -0.141. The van der Waals surface area contributed by atoms with Gasteiger partial charge in [0.05, 0.1) is 11.4 Å². The molecule has 0 fully saturated rings. The topological polar surface area (TPSA) is 86.8 Å². The molecule has 0 aliphatic rings. The van der Waals surface area contributed by atoms with Crippen LogP contribution >= 0.6 is 0 Å². The first kappa shape index (κ1) is 27.9. The third-order valence-corrected chi connectivity index (χ3v) is 8.37. The van der Waals surface area contributed by atoms with E-state index < -0.39 is 40.2 Å². The zero-order valence-electron chi connectivity index (χ0n) is 21.7. The predicted molar refractivity (Wildman–Crippen MR) is 149 cm³/mol. The normalized spacial score (nSPS) is 12.3. The molecule has 2 amide bonds. The van der Waals surface area contributed by atoms with Crippen LogP contribution in [0.3, 0.4) is 0 Å². The Labute approximate surface area is 227 Å². The molecule has 0 aliphatic carbocycles. The smallest absolute Gasteiger partial charge is 0.243 e. The molecule has 7 nitrogen and oxygen atoms in total. The molecule has 0 saturated carbocycles. The Hall–Kier alpha value is -4.08. The molecule has 0 saturated heterocycles. The van der Waals surface area contributed by atoms with E-state index in [0.717, 1.165) is 20.6 Å².